The van der Waals surface area contributed by atoms with Gasteiger partial charge in [0.25, 0.3) is 0 Å². The molecule has 0 aromatic rings. The Kier molecular flexibility index (Phi) is 8.35. The molecule has 1 saturated carbocycles. The molecule has 0 aromatic carbocycles. The van der Waals surface area contributed by atoms with Gasteiger partial charge in [-0.05, 0) is 44.9 Å². The minimum Gasteiger partial charge on any atom is -0.450 e. The number of carbonyl (C=O) groups is 1. The monoisotopic (exact) mass is 352 g/mol. The number of hydrogen-bond acceptors (Lipinski definition) is 3. The zero-order chi connectivity index (χ0) is 18.1. The van der Waals surface area contributed by atoms with E-state index in [0.717, 1.165) is 56.8 Å². The summed E-state index contributed by atoms with van der Waals surface area (Å²) in [6.07, 6.45) is 7.05. The molecular weight excluding hydrogens is 316 g/mol. The quantitative estimate of drug-likeness (QED) is 0.590. The minimum atomic E-state index is -0.187. The van der Waals surface area contributed by atoms with Crippen LogP contribution in [0.4, 0.5) is 4.79 Å². The van der Waals surface area contributed by atoms with Crippen LogP contribution >= 0.6 is 0 Å². The van der Waals surface area contributed by atoms with E-state index in [9.17, 15) is 4.79 Å². The number of amides is 1. The van der Waals surface area contributed by atoms with Gasteiger partial charge in [0.05, 0.1) is 6.61 Å². The Hall–Kier alpha value is -1.46. The van der Waals surface area contributed by atoms with Crippen molar-refractivity contribution < 1.29 is 9.53 Å². The van der Waals surface area contributed by atoms with Crippen LogP contribution in [0.25, 0.3) is 0 Å². The third-order valence-electron chi connectivity index (χ3n) is 5.48. The molecule has 1 saturated heterocycles. The lowest BCUT2D eigenvalue weighted by atomic mass is 9.80. The van der Waals surface area contributed by atoms with Crippen molar-refractivity contribution in [1.29, 1.82) is 0 Å². The Morgan fingerprint density at radius 1 is 1.16 bits per heavy atom. The van der Waals surface area contributed by atoms with Crippen molar-refractivity contribution in [3.63, 3.8) is 0 Å². The molecule has 2 unspecified atom stereocenters. The van der Waals surface area contributed by atoms with Crippen molar-refractivity contribution in [2.45, 2.75) is 65.3 Å². The first-order chi connectivity index (χ1) is 12.1. The van der Waals surface area contributed by atoms with E-state index in [0.29, 0.717) is 12.6 Å². The van der Waals surface area contributed by atoms with Crippen LogP contribution in [0.1, 0.15) is 59.3 Å². The molecule has 1 aliphatic carbocycles. The highest BCUT2D eigenvalue weighted by atomic mass is 16.6. The summed E-state index contributed by atoms with van der Waals surface area (Å²) in [7, 11) is 0. The van der Waals surface area contributed by atoms with Crippen molar-refractivity contribution in [2.24, 2.45) is 16.8 Å². The van der Waals surface area contributed by atoms with Gasteiger partial charge in [-0.15, -0.1) is 0 Å². The van der Waals surface area contributed by atoms with Gasteiger partial charge < -0.3 is 20.3 Å². The molecule has 2 fully saturated rings. The predicted octanol–water partition coefficient (Wildman–Crippen LogP) is 2.99. The van der Waals surface area contributed by atoms with Crippen LogP contribution < -0.4 is 10.6 Å². The molecule has 2 atom stereocenters. The third-order valence-corrected chi connectivity index (χ3v) is 5.48. The van der Waals surface area contributed by atoms with Crippen LogP contribution in [0.15, 0.2) is 4.99 Å². The van der Waals surface area contributed by atoms with Gasteiger partial charge in [-0.2, -0.15) is 0 Å². The summed E-state index contributed by atoms with van der Waals surface area (Å²) in [4.78, 5) is 18.4. The Labute approximate surface area is 152 Å². The van der Waals surface area contributed by atoms with E-state index >= 15 is 0 Å². The molecule has 1 heterocycles. The van der Waals surface area contributed by atoms with Crippen LogP contribution in [0.2, 0.25) is 0 Å². The first-order valence-electron chi connectivity index (χ1n) is 10.1. The SMILES string of the molecule is CCNC(=NCC1CCCCC1C)NC1CCN(C(=O)OCC)CC1. The fourth-order valence-corrected chi connectivity index (χ4v) is 3.81. The van der Waals surface area contributed by atoms with Crippen LogP contribution in [0, 0.1) is 11.8 Å². The lowest BCUT2D eigenvalue weighted by molar-refractivity contribution is 0.0963. The second-order valence-electron chi connectivity index (χ2n) is 7.35. The maximum atomic E-state index is 11.8. The van der Waals surface area contributed by atoms with Gasteiger partial charge in [0.1, 0.15) is 0 Å². The number of nitrogens with one attached hydrogen (secondary N) is 2. The Morgan fingerprint density at radius 2 is 1.88 bits per heavy atom. The number of ether oxygens (including phenoxy) is 1. The number of guanidine groups is 1. The lowest BCUT2D eigenvalue weighted by Gasteiger charge is -2.32. The summed E-state index contributed by atoms with van der Waals surface area (Å²) < 4.78 is 5.08. The Balaban J connectivity index is 1.81. The van der Waals surface area contributed by atoms with Gasteiger partial charge in [0.2, 0.25) is 0 Å². The lowest BCUT2D eigenvalue weighted by Crippen LogP contribution is -2.50. The molecule has 0 radical (unpaired) electrons. The fraction of sp³-hybridized carbons (Fsp3) is 0.895. The highest BCUT2D eigenvalue weighted by molar-refractivity contribution is 5.80. The van der Waals surface area contributed by atoms with E-state index in [4.69, 9.17) is 9.73 Å². The van der Waals surface area contributed by atoms with Crippen molar-refractivity contribution >= 4 is 12.1 Å². The average molecular weight is 353 g/mol. The maximum absolute atomic E-state index is 11.8. The minimum absolute atomic E-state index is 0.187. The smallest absolute Gasteiger partial charge is 0.409 e. The Bertz CT molecular complexity index is 433. The van der Waals surface area contributed by atoms with E-state index in [-0.39, 0.29) is 6.09 Å². The molecule has 0 aromatic heterocycles. The third kappa shape index (κ3) is 6.40. The highest BCUT2D eigenvalue weighted by Gasteiger charge is 2.25. The van der Waals surface area contributed by atoms with E-state index in [1.54, 1.807) is 4.90 Å². The molecule has 0 bridgehead atoms. The van der Waals surface area contributed by atoms with Crippen LogP contribution in [-0.4, -0.2) is 55.8 Å². The molecule has 0 spiro atoms. The van der Waals surface area contributed by atoms with E-state index in [2.05, 4.69) is 24.5 Å². The Morgan fingerprint density at radius 3 is 2.52 bits per heavy atom. The summed E-state index contributed by atoms with van der Waals surface area (Å²) >= 11 is 0. The zero-order valence-corrected chi connectivity index (χ0v) is 16.2. The zero-order valence-electron chi connectivity index (χ0n) is 16.2. The molecule has 1 amide bonds. The molecule has 1 aliphatic heterocycles. The van der Waals surface area contributed by atoms with E-state index in [1.807, 2.05) is 6.92 Å². The van der Waals surface area contributed by atoms with Crippen molar-refractivity contribution in [3.8, 4) is 0 Å². The number of hydrogen-bond donors (Lipinski definition) is 2. The molecule has 6 heteroatoms. The van der Waals surface area contributed by atoms with Crippen molar-refractivity contribution in [3.05, 3.63) is 0 Å². The van der Waals surface area contributed by atoms with Gasteiger partial charge >= 0.3 is 6.09 Å². The van der Waals surface area contributed by atoms with Crippen LogP contribution in [-0.2, 0) is 4.74 Å². The maximum Gasteiger partial charge on any atom is 0.409 e. The standard InChI is InChI=1S/C19H36N4O2/c1-4-20-18(21-14-16-9-7-6-8-15(16)3)22-17-10-12-23(13-11-17)19(24)25-5-2/h15-17H,4-14H2,1-3H3,(H2,20,21,22). The number of carbonyl (C=O) groups excluding carboxylic acids is 1. The van der Waals surface area contributed by atoms with Crippen LogP contribution in [0.5, 0.6) is 0 Å². The molecule has 2 rings (SSSR count). The summed E-state index contributed by atoms with van der Waals surface area (Å²) in [5, 5.41) is 6.94. The molecule has 144 valence electrons. The number of likely N-dealkylation sites (tertiary alicyclic amines) is 1. The number of rotatable bonds is 5. The molecular formula is C19H36N4O2. The van der Waals surface area contributed by atoms with Gasteiger partial charge in [-0.3, -0.25) is 4.99 Å². The van der Waals surface area contributed by atoms with Crippen LogP contribution in [0.3, 0.4) is 0 Å². The second-order valence-corrected chi connectivity index (χ2v) is 7.35. The highest BCUT2D eigenvalue weighted by Crippen LogP contribution is 2.29. The number of aliphatic imine (C=N–C) groups is 1. The summed E-state index contributed by atoms with van der Waals surface area (Å²) in [5.74, 6) is 2.43. The molecule has 6 nitrogen and oxygen atoms in total. The predicted molar refractivity (Wildman–Crippen MR) is 102 cm³/mol. The van der Waals surface area contributed by atoms with Gasteiger partial charge in [0.15, 0.2) is 5.96 Å². The summed E-state index contributed by atoms with van der Waals surface area (Å²) in [5.41, 5.74) is 0. The van der Waals surface area contributed by atoms with E-state index in [1.165, 1.54) is 25.7 Å². The van der Waals surface area contributed by atoms with Gasteiger partial charge in [-0.25, -0.2) is 4.79 Å². The molecule has 25 heavy (non-hydrogen) atoms. The number of nitrogens with zero attached hydrogens (tertiary/aromatic N) is 2. The van der Waals surface area contributed by atoms with Crippen molar-refractivity contribution in [2.75, 3.05) is 32.8 Å². The summed E-state index contributed by atoms with van der Waals surface area (Å²) in [6, 6.07) is 0.368. The summed E-state index contributed by atoms with van der Waals surface area (Å²) in [6.45, 7) is 10.0. The first-order valence-corrected chi connectivity index (χ1v) is 10.1. The first kappa shape index (κ1) is 19.9. The van der Waals surface area contributed by atoms with Crippen molar-refractivity contribution in [1.82, 2.24) is 15.5 Å². The largest absolute Gasteiger partial charge is 0.450 e. The average Bonchev–Trinajstić information content (AvgIpc) is 2.62. The normalized spacial score (nSPS) is 25.6. The van der Waals surface area contributed by atoms with E-state index < -0.39 is 0 Å². The topological polar surface area (TPSA) is 66.0 Å². The molecule has 2 N–H and O–H groups in total. The van der Waals surface area contributed by atoms with Gasteiger partial charge in [-0.1, -0.05) is 26.2 Å². The second kappa shape index (κ2) is 10.5. The molecule has 2 aliphatic rings. The fourth-order valence-electron chi connectivity index (χ4n) is 3.81. The van der Waals surface area contributed by atoms with Gasteiger partial charge in [0, 0.05) is 32.2 Å². The number of piperidine rings is 1.